The maximum atomic E-state index is 12.9. The molecule has 9 nitrogen and oxygen atoms in total. The van der Waals surface area contributed by atoms with Crippen molar-refractivity contribution in [3.8, 4) is 17.0 Å². The molecule has 4 rings (SSSR count). The van der Waals surface area contributed by atoms with Gasteiger partial charge in [-0.15, -0.1) is 0 Å². The summed E-state index contributed by atoms with van der Waals surface area (Å²) in [6.45, 7) is 9.96. The molecule has 0 radical (unpaired) electrons. The first-order chi connectivity index (χ1) is 17.7. The van der Waals surface area contributed by atoms with E-state index in [1.54, 1.807) is 22.0 Å². The summed E-state index contributed by atoms with van der Waals surface area (Å²) in [6.07, 6.45) is 8.96. The standard InChI is InChI=1S/C28H41N5O4/c1-28(2,3)37-27(35)32-16-14-31(15-17-32)18-19-36-24-12-10-22(11-13-24)25-20-33(21-29-25)26(34)30(4)23-8-6-5-7-9-23/h10-13,20-21,23H,5-9,14-19H2,1-4H3. The van der Waals surface area contributed by atoms with Crippen molar-refractivity contribution in [1.82, 2.24) is 24.3 Å². The number of aromatic nitrogens is 2. The van der Waals surface area contributed by atoms with Gasteiger partial charge in [-0.05, 0) is 57.9 Å². The molecule has 1 aromatic carbocycles. The highest BCUT2D eigenvalue weighted by Gasteiger charge is 2.26. The third-order valence-electron chi connectivity index (χ3n) is 7.08. The van der Waals surface area contributed by atoms with Gasteiger partial charge in [0.1, 0.15) is 24.3 Å². The minimum absolute atomic E-state index is 0.0301. The minimum Gasteiger partial charge on any atom is -0.492 e. The Hall–Kier alpha value is -3.07. The molecule has 2 fully saturated rings. The topological polar surface area (TPSA) is 80.1 Å². The number of hydrogen-bond acceptors (Lipinski definition) is 6. The summed E-state index contributed by atoms with van der Waals surface area (Å²) in [5.74, 6) is 0.795. The maximum absolute atomic E-state index is 12.9. The van der Waals surface area contributed by atoms with Crippen LogP contribution in [0.15, 0.2) is 36.8 Å². The highest BCUT2D eigenvalue weighted by molar-refractivity contribution is 5.78. The Morgan fingerprint density at radius 2 is 1.70 bits per heavy atom. The fourth-order valence-electron chi connectivity index (χ4n) is 4.88. The predicted molar refractivity (Wildman–Crippen MR) is 143 cm³/mol. The lowest BCUT2D eigenvalue weighted by Crippen LogP contribution is -2.50. The fourth-order valence-corrected chi connectivity index (χ4v) is 4.88. The second-order valence-electron chi connectivity index (χ2n) is 11.0. The fraction of sp³-hybridized carbons (Fsp3) is 0.607. The Kier molecular flexibility index (Phi) is 8.74. The third-order valence-corrected chi connectivity index (χ3v) is 7.08. The van der Waals surface area contributed by atoms with Crippen LogP contribution in [-0.2, 0) is 4.74 Å². The Morgan fingerprint density at radius 3 is 2.35 bits per heavy atom. The van der Waals surface area contributed by atoms with Crippen LogP contribution in [-0.4, -0.2) is 94.4 Å². The van der Waals surface area contributed by atoms with Gasteiger partial charge in [0.05, 0.1) is 5.69 Å². The van der Waals surface area contributed by atoms with Crippen LogP contribution < -0.4 is 4.74 Å². The van der Waals surface area contributed by atoms with E-state index in [-0.39, 0.29) is 12.1 Å². The Morgan fingerprint density at radius 1 is 1.03 bits per heavy atom. The molecule has 2 heterocycles. The molecule has 1 saturated heterocycles. The van der Waals surface area contributed by atoms with E-state index in [2.05, 4.69) is 9.88 Å². The van der Waals surface area contributed by atoms with Gasteiger partial charge in [-0.3, -0.25) is 9.47 Å². The summed E-state index contributed by atoms with van der Waals surface area (Å²) in [4.78, 5) is 35.5. The number of piperazine rings is 1. The minimum atomic E-state index is -0.472. The lowest BCUT2D eigenvalue weighted by molar-refractivity contribution is 0.0137. The number of rotatable bonds is 6. The molecule has 9 heteroatoms. The summed E-state index contributed by atoms with van der Waals surface area (Å²) in [5, 5.41) is 0. The van der Waals surface area contributed by atoms with E-state index >= 15 is 0 Å². The molecule has 1 aliphatic heterocycles. The van der Waals surface area contributed by atoms with E-state index in [4.69, 9.17) is 9.47 Å². The molecule has 0 spiro atoms. The molecular formula is C28H41N5O4. The largest absolute Gasteiger partial charge is 0.492 e. The van der Waals surface area contributed by atoms with E-state index < -0.39 is 5.60 Å². The second-order valence-corrected chi connectivity index (χ2v) is 11.0. The van der Waals surface area contributed by atoms with Crippen LogP contribution in [0.25, 0.3) is 11.3 Å². The van der Waals surface area contributed by atoms with Gasteiger partial charge in [0.2, 0.25) is 0 Å². The van der Waals surface area contributed by atoms with Crippen molar-refractivity contribution in [3.05, 3.63) is 36.8 Å². The van der Waals surface area contributed by atoms with Crippen LogP contribution in [0.3, 0.4) is 0 Å². The van der Waals surface area contributed by atoms with Gasteiger partial charge in [-0.2, -0.15) is 0 Å². The second kappa shape index (κ2) is 12.0. The quantitative estimate of drug-likeness (QED) is 0.559. The van der Waals surface area contributed by atoms with E-state index in [0.717, 1.165) is 49.5 Å². The van der Waals surface area contributed by atoms with Gasteiger partial charge in [-0.25, -0.2) is 14.6 Å². The zero-order valence-electron chi connectivity index (χ0n) is 22.7. The van der Waals surface area contributed by atoms with E-state index in [9.17, 15) is 9.59 Å². The molecule has 2 aromatic rings. The van der Waals surface area contributed by atoms with Crippen molar-refractivity contribution in [3.63, 3.8) is 0 Å². The van der Waals surface area contributed by atoms with Crippen molar-refractivity contribution in [1.29, 1.82) is 0 Å². The highest BCUT2D eigenvalue weighted by Crippen LogP contribution is 2.24. The first kappa shape index (κ1) is 27.0. The van der Waals surface area contributed by atoms with Crippen LogP contribution in [0.5, 0.6) is 5.75 Å². The summed E-state index contributed by atoms with van der Waals surface area (Å²) in [6, 6.07) is 8.10. The molecule has 0 unspecified atom stereocenters. The molecule has 1 aromatic heterocycles. The zero-order chi connectivity index (χ0) is 26.4. The van der Waals surface area contributed by atoms with Crippen molar-refractivity contribution in [2.75, 3.05) is 46.4 Å². The predicted octanol–water partition coefficient (Wildman–Crippen LogP) is 4.71. The Bertz CT molecular complexity index is 1030. The molecule has 202 valence electrons. The molecule has 0 atom stereocenters. The number of ether oxygens (including phenoxy) is 2. The summed E-state index contributed by atoms with van der Waals surface area (Å²) in [7, 11) is 1.89. The highest BCUT2D eigenvalue weighted by atomic mass is 16.6. The third kappa shape index (κ3) is 7.47. The van der Waals surface area contributed by atoms with Crippen molar-refractivity contribution in [2.45, 2.75) is 64.5 Å². The van der Waals surface area contributed by atoms with Crippen LogP contribution in [0.4, 0.5) is 9.59 Å². The van der Waals surface area contributed by atoms with E-state index in [0.29, 0.717) is 25.7 Å². The van der Waals surface area contributed by atoms with Gasteiger partial charge in [0.25, 0.3) is 0 Å². The smallest absolute Gasteiger partial charge is 0.410 e. The lowest BCUT2D eigenvalue weighted by Gasteiger charge is -2.35. The molecule has 1 aliphatic carbocycles. The van der Waals surface area contributed by atoms with Crippen LogP contribution >= 0.6 is 0 Å². The van der Waals surface area contributed by atoms with Gasteiger partial charge in [0, 0.05) is 57.6 Å². The Labute approximate surface area is 220 Å². The van der Waals surface area contributed by atoms with Gasteiger partial charge in [-0.1, -0.05) is 19.3 Å². The number of amides is 2. The maximum Gasteiger partial charge on any atom is 0.410 e. The molecule has 2 amide bonds. The van der Waals surface area contributed by atoms with E-state index in [1.807, 2.05) is 57.0 Å². The zero-order valence-corrected chi connectivity index (χ0v) is 22.7. The first-order valence-electron chi connectivity index (χ1n) is 13.4. The van der Waals surface area contributed by atoms with Crippen molar-refractivity contribution < 1.29 is 19.1 Å². The van der Waals surface area contributed by atoms with Crippen molar-refractivity contribution >= 4 is 12.1 Å². The average molecular weight is 512 g/mol. The number of hydrogen-bond donors (Lipinski definition) is 0. The van der Waals surface area contributed by atoms with E-state index in [1.165, 1.54) is 19.3 Å². The van der Waals surface area contributed by atoms with Gasteiger partial charge >= 0.3 is 12.1 Å². The van der Waals surface area contributed by atoms with Crippen LogP contribution in [0.1, 0.15) is 52.9 Å². The van der Waals surface area contributed by atoms with Crippen LogP contribution in [0.2, 0.25) is 0 Å². The van der Waals surface area contributed by atoms with Crippen LogP contribution in [0, 0.1) is 0 Å². The number of imidazole rings is 1. The number of benzene rings is 1. The summed E-state index contributed by atoms with van der Waals surface area (Å²) >= 11 is 0. The number of carbonyl (C=O) groups is 2. The van der Waals surface area contributed by atoms with Gasteiger partial charge < -0.3 is 19.3 Å². The molecule has 2 aliphatic rings. The Balaban J connectivity index is 1.21. The normalized spacial score (nSPS) is 17.5. The summed E-state index contributed by atoms with van der Waals surface area (Å²) in [5.41, 5.74) is 1.23. The first-order valence-corrected chi connectivity index (χ1v) is 13.4. The van der Waals surface area contributed by atoms with Gasteiger partial charge in [0.15, 0.2) is 0 Å². The summed E-state index contributed by atoms with van der Waals surface area (Å²) < 4.78 is 13.0. The lowest BCUT2D eigenvalue weighted by atomic mass is 9.95. The molecule has 0 N–H and O–H groups in total. The molecule has 37 heavy (non-hydrogen) atoms. The molecule has 1 saturated carbocycles. The SMILES string of the molecule is CN(C(=O)n1cnc(-c2ccc(OCCN3CCN(C(=O)OC(C)(C)C)CC3)cc2)c1)C1CCCCC1. The molecule has 0 bridgehead atoms. The monoisotopic (exact) mass is 511 g/mol. The van der Waals surface area contributed by atoms with Crippen molar-refractivity contribution in [2.24, 2.45) is 0 Å². The number of nitrogens with zero attached hydrogens (tertiary/aromatic N) is 5. The molecular weight excluding hydrogens is 470 g/mol. The number of carbonyl (C=O) groups excluding carboxylic acids is 2. The average Bonchev–Trinajstić information content (AvgIpc) is 3.38.